The normalized spacial score (nSPS) is 19.0. The van der Waals surface area contributed by atoms with Gasteiger partial charge in [-0.3, -0.25) is 0 Å². The lowest BCUT2D eigenvalue weighted by Crippen LogP contribution is -2.46. The molecule has 1 atom stereocenters. The number of carboxylic acid groups (broad SMARTS) is 1. The van der Waals surface area contributed by atoms with E-state index < -0.39 is 12.0 Å². The fraction of sp³-hybridized carbons (Fsp3) is 0.750. The summed E-state index contributed by atoms with van der Waals surface area (Å²) in [6.07, 6.45) is 0. The van der Waals surface area contributed by atoms with Crippen LogP contribution in [-0.2, 0) is 4.79 Å². The fourth-order valence-electron chi connectivity index (χ4n) is 1.53. The lowest BCUT2D eigenvalue weighted by atomic mass is 10.0. The first kappa shape index (κ1) is 9.83. The summed E-state index contributed by atoms with van der Waals surface area (Å²) >= 11 is 0. The Morgan fingerprint density at radius 1 is 1.62 bits per heavy atom. The number of carbonyl (C=O) groups is 2. The molecule has 1 rings (SSSR count). The predicted molar refractivity (Wildman–Crippen MR) is 46.4 cm³/mol. The summed E-state index contributed by atoms with van der Waals surface area (Å²) in [6, 6.07) is -0.983. The maximum Gasteiger partial charge on any atom is 0.326 e. The Labute approximate surface area is 76.7 Å². The monoisotopic (exact) mass is 186 g/mol. The van der Waals surface area contributed by atoms with Gasteiger partial charge in [0.15, 0.2) is 0 Å². The van der Waals surface area contributed by atoms with E-state index in [9.17, 15) is 9.59 Å². The molecule has 0 saturated carbocycles. The molecule has 1 heterocycles. The van der Waals surface area contributed by atoms with E-state index in [1.807, 2.05) is 0 Å². The Hall–Kier alpha value is -1.26. The van der Waals surface area contributed by atoms with Crippen molar-refractivity contribution >= 4 is 12.0 Å². The molecule has 1 fully saturated rings. The molecule has 74 valence electrons. The van der Waals surface area contributed by atoms with Crippen LogP contribution in [0.4, 0.5) is 4.79 Å². The Morgan fingerprint density at radius 3 is 2.54 bits per heavy atom. The van der Waals surface area contributed by atoms with Crippen LogP contribution in [0.5, 0.6) is 0 Å². The number of urea groups is 1. The van der Waals surface area contributed by atoms with Crippen LogP contribution in [0.15, 0.2) is 0 Å². The molecular formula is C8H14N2O3. The van der Waals surface area contributed by atoms with Gasteiger partial charge in [0.1, 0.15) is 6.04 Å². The minimum Gasteiger partial charge on any atom is -0.480 e. The molecule has 0 spiro atoms. The van der Waals surface area contributed by atoms with Crippen molar-refractivity contribution in [3.05, 3.63) is 0 Å². The zero-order valence-corrected chi connectivity index (χ0v) is 7.78. The fourth-order valence-corrected chi connectivity index (χ4v) is 1.53. The van der Waals surface area contributed by atoms with E-state index in [1.54, 1.807) is 13.8 Å². The molecule has 0 aromatic carbocycles. The molecule has 5 heteroatoms. The van der Waals surface area contributed by atoms with Crippen LogP contribution in [-0.4, -0.2) is 41.1 Å². The predicted octanol–water partition coefficient (Wildman–Crippen LogP) is 0.121. The number of nitrogens with one attached hydrogen (secondary N) is 1. The van der Waals surface area contributed by atoms with E-state index in [0.717, 1.165) is 0 Å². The Bertz CT molecular complexity index is 227. The Morgan fingerprint density at radius 2 is 2.23 bits per heavy atom. The maximum atomic E-state index is 11.2. The lowest BCUT2D eigenvalue weighted by Gasteiger charge is -2.25. The van der Waals surface area contributed by atoms with Crippen molar-refractivity contribution in [2.75, 3.05) is 13.1 Å². The van der Waals surface area contributed by atoms with Crippen LogP contribution >= 0.6 is 0 Å². The summed E-state index contributed by atoms with van der Waals surface area (Å²) in [6.45, 7) is 4.61. The summed E-state index contributed by atoms with van der Waals surface area (Å²) in [4.78, 5) is 23.4. The molecule has 2 N–H and O–H groups in total. The van der Waals surface area contributed by atoms with Gasteiger partial charge in [-0.25, -0.2) is 9.59 Å². The third kappa shape index (κ3) is 1.91. The maximum absolute atomic E-state index is 11.2. The highest BCUT2D eigenvalue weighted by molar-refractivity contribution is 5.84. The van der Waals surface area contributed by atoms with Gasteiger partial charge >= 0.3 is 12.0 Å². The van der Waals surface area contributed by atoms with Gasteiger partial charge in [0.25, 0.3) is 0 Å². The molecule has 0 aromatic heterocycles. The van der Waals surface area contributed by atoms with Gasteiger partial charge in [-0.05, 0) is 5.92 Å². The Balaban J connectivity index is 2.75. The van der Waals surface area contributed by atoms with Crippen molar-refractivity contribution in [2.24, 2.45) is 5.92 Å². The highest BCUT2D eigenvalue weighted by Crippen LogP contribution is 2.13. The molecule has 0 aromatic rings. The number of carbonyl (C=O) groups excluding carboxylic acids is 1. The molecule has 0 aliphatic carbocycles. The summed E-state index contributed by atoms with van der Waals surface area (Å²) < 4.78 is 0. The number of hydrogen-bond acceptors (Lipinski definition) is 2. The van der Waals surface area contributed by atoms with E-state index in [2.05, 4.69) is 5.32 Å². The minimum absolute atomic E-state index is 0.0682. The van der Waals surface area contributed by atoms with E-state index in [-0.39, 0.29) is 11.9 Å². The van der Waals surface area contributed by atoms with Gasteiger partial charge in [0, 0.05) is 13.1 Å². The molecule has 13 heavy (non-hydrogen) atoms. The number of amides is 2. The van der Waals surface area contributed by atoms with E-state index in [1.165, 1.54) is 4.90 Å². The number of rotatable bonds is 3. The first-order valence-corrected chi connectivity index (χ1v) is 4.31. The van der Waals surface area contributed by atoms with Crippen LogP contribution in [0.3, 0.4) is 0 Å². The number of aliphatic carboxylic acids is 1. The van der Waals surface area contributed by atoms with E-state index in [0.29, 0.717) is 13.1 Å². The lowest BCUT2D eigenvalue weighted by molar-refractivity contribution is -0.143. The van der Waals surface area contributed by atoms with Crippen molar-refractivity contribution in [2.45, 2.75) is 19.9 Å². The van der Waals surface area contributed by atoms with Gasteiger partial charge in [-0.2, -0.15) is 0 Å². The third-order valence-corrected chi connectivity index (χ3v) is 2.11. The highest BCUT2D eigenvalue weighted by atomic mass is 16.4. The summed E-state index contributed by atoms with van der Waals surface area (Å²) in [5, 5.41) is 11.5. The number of nitrogens with zero attached hydrogens (tertiary/aromatic N) is 1. The molecule has 2 amide bonds. The van der Waals surface area contributed by atoms with E-state index in [4.69, 9.17) is 5.11 Å². The van der Waals surface area contributed by atoms with Crippen LogP contribution < -0.4 is 5.32 Å². The second-order valence-electron chi connectivity index (χ2n) is 3.45. The quantitative estimate of drug-likeness (QED) is 0.657. The molecular weight excluding hydrogens is 172 g/mol. The van der Waals surface area contributed by atoms with Gasteiger partial charge in [-0.1, -0.05) is 13.8 Å². The SMILES string of the molecule is CC(C)[C@@H](C(=O)O)N1CCNC1=O. The van der Waals surface area contributed by atoms with Crippen LogP contribution in [0.2, 0.25) is 0 Å². The van der Waals surface area contributed by atoms with Gasteiger partial charge < -0.3 is 15.3 Å². The highest BCUT2D eigenvalue weighted by Gasteiger charge is 2.34. The zero-order chi connectivity index (χ0) is 10.0. The first-order valence-electron chi connectivity index (χ1n) is 4.31. The van der Waals surface area contributed by atoms with E-state index >= 15 is 0 Å². The first-order chi connectivity index (χ1) is 6.04. The number of carboxylic acids is 1. The van der Waals surface area contributed by atoms with Gasteiger partial charge in [0.2, 0.25) is 0 Å². The minimum atomic E-state index is -0.938. The summed E-state index contributed by atoms with van der Waals surface area (Å²) in [5.74, 6) is -1.01. The molecule has 5 nitrogen and oxygen atoms in total. The average molecular weight is 186 g/mol. The molecule has 1 saturated heterocycles. The van der Waals surface area contributed by atoms with Crippen LogP contribution in [0.25, 0.3) is 0 Å². The second-order valence-corrected chi connectivity index (χ2v) is 3.45. The van der Waals surface area contributed by atoms with Crippen molar-refractivity contribution in [3.8, 4) is 0 Å². The van der Waals surface area contributed by atoms with Crippen LogP contribution in [0.1, 0.15) is 13.8 Å². The number of hydrogen-bond donors (Lipinski definition) is 2. The molecule has 1 aliphatic rings. The average Bonchev–Trinajstić information content (AvgIpc) is 2.35. The van der Waals surface area contributed by atoms with Gasteiger partial charge in [0.05, 0.1) is 0 Å². The molecule has 0 bridgehead atoms. The second kappa shape index (κ2) is 3.64. The topological polar surface area (TPSA) is 69.6 Å². The summed E-state index contributed by atoms with van der Waals surface area (Å²) in [5.41, 5.74) is 0. The van der Waals surface area contributed by atoms with Gasteiger partial charge in [-0.15, -0.1) is 0 Å². The van der Waals surface area contributed by atoms with Crippen molar-refractivity contribution < 1.29 is 14.7 Å². The van der Waals surface area contributed by atoms with Crippen molar-refractivity contribution in [3.63, 3.8) is 0 Å². The Kier molecular flexibility index (Phi) is 2.75. The standard InChI is InChI=1S/C8H14N2O3/c1-5(2)6(7(11)12)10-4-3-9-8(10)13/h5-6H,3-4H2,1-2H3,(H,9,13)(H,11,12)/t6-/m0/s1. The van der Waals surface area contributed by atoms with Crippen LogP contribution in [0, 0.1) is 5.92 Å². The smallest absolute Gasteiger partial charge is 0.326 e. The van der Waals surface area contributed by atoms with Crippen molar-refractivity contribution in [1.29, 1.82) is 0 Å². The van der Waals surface area contributed by atoms with Crippen molar-refractivity contribution in [1.82, 2.24) is 10.2 Å². The molecule has 1 aliphatic heterocycles. The largest absolute Gasteiger partial charge is 0.480 e. The summed E-state index contributed by atoms with van der Waals surface area (Å²) in [7, 11) is 0. The zero-order valence-electron chi connectivity index (χ0n) is 7.78. The molecule has 0 unspecified atom stereocenters. The molecule has 0 radical (unpaired) electrons. The third-order valence-electron chi connectivity index (χ3n) is 2.11.